The first-order valence-electron chi connectivity index (χ1n) is 6.86. The lowest BCUT2D eigenvalue weighted by Gasteiger charge is -2.37. The Balaban J connectivity index is 1.78. The molecule has 0 N–H and O–H groups in total. The van der Waals surface area contributed by atoms with Crippen molar-refractivity contribution < 1.29 is 9.53 Å². The highest BCUT2D eigenvalue weighted by Crippen LogP contribution is 2.41. The molecule has 0 aromatic carbocycles. The third kappa shape index (κ3) is 2.34. The van der Waals surface area contributed by atoms with Gasteiger partial charge in [-0.3, -0.25) is 9.48 Å². The van der Waals surface area contributed by atoms with Crippen molar-refractivity contribution in [1.29, 1.82) is 0 Å². The fourth-order valence-electron chi connectivity index (χ4n) is 3.08. The van der Waals surface area contributed by atoms with Crippen LogP contribution in [0.3, 0.4) is 0 Å². The van der Waals surface area contributed by atoms with Crippen LogP contribution in [-0.4, -0.2) is 39.3 Å². The third-order valence-electron chi connectivity index (χ3n) is 4.43. The van der Waals surface area contributed by atoms with Crippen molar-refractivity contribution in [2.45, 2.75) is 31.8 Å². The molecule has 5 heteroatoms. The molecule has 2 unspecified atom stereocenters. The number of thioether (sulfide) groups is 1. The molecule has 0 amide bonds. The van der Waals surface area contributed by atoms with Crippen molar-refractivity contribution in [1.82, 2.24) is 9.78 Å². The quantitative estimate of drug-likeness (QED) is 0.779. The summed E-state index contributed by atoms with van der Waals surface area (Å²) < 4.78 is 7.76. The first-order chi connectivity index (χ1) is 9.11. The topological polar surface area (TPSA) is 44.1 Å². The number of nitrogens with zero attached hydrogens (tertiary/aromatic N) is 2. The second kappa shape index (κ2) is 4.94. The number of carbonyl (C=O) groups excluding carboxylic acids is 1. The van der Waals surface area contributed by atoms with E-state index >= 15 is 0 Å². The summed E-state index contributed by atoms with van der Waals surface area (Å²) in [6, 6.07) is 0. The van der Waals surface area contributed by atoms with Gasteiger partial charge in [0, 0.05) is 31.0 Å². The van der Waals surface area contributed by atoms with E-state index in [1.807, 2.05) is 25.7 Å². The average molecular weight is 280 g/mol. The highest BCUT2D eigenvalue weighted by atomic mass is 32.2. The molecular formula is C14H20N2O2S. The normalized spacial score (nSPS) is 30.9. The predicted octanol–water partition coefficient (Wildman–Crippen LogP) is 2.21. The van der Waals surface area contributed by atoms with E-state index in [1.165, 1.54) is 0 Å². The molecule has 2 saturated heterocycles. The number of aromatic nitrogens is 2. The van der Waals surface area contributed by atoms with Gasteiger partial charge in [0.05, 0.1) is 17.4 Å². The molecule has 1 aromatic rings. The SMILES string of the molecule is Cc1c(C(=O)C2CCOC3(CCSC3)C2)cnn1C. The molecule has 0 saturated carbocycles. The molecule has 0 radical (unpaired) electrons. The van der Waals surface area contributed by atoms with Crippen molar-refractivity contribution >= 4 is 17.5 Å². The van der Waals surface area contributed by atoms with Crippen LogP contribution >= 0.6 is 11.8 Å². The minimum absolute atomic E-state index is 0.0284. The Morgan fingerprint density at radius 3 is 3.11 bits per heavy atom. The van der Waals surface area contributed by atoms with E-state index in [4.69, 9.17) is 4.74 Å². The maximum atomic E-state index is 12.7. The lowest BCUT2D eigenvalue weighted by molar-refractivity contribution is -0.0734. The molecule has 2 aliphatic heterocycles. The number of ketones is 1. The summed E-state index contributed by atoms with van der Waals surface area (Å²) in [7, 11) is 1.88. The van der Waals surface area contributed by atoms with Crippen molar-refractivity contribution in [3.8, 4) is 0 Å². The van der Waals surface area contributed by atoms with Gasteiger partial charge in [0.25, 0.3) is 0 Å². The molecule has 2 atom stereocenters. The molecule has 104 valence electrons. The van der Waals surface area contributed by atoms with E-state index in [9.17, 15) is 4.79 Å². The summed E-state index contributed by atoms with van der Waals surface area (Å²) >= 11 is 1.94. The predicted molar refractivity (Wildman–Crippen MR) is 75.6 cm³/mol. The van der Waals surface area contributed by atoms with E-state index in [1.54, 1.807) is 10.9 Å². The molecule has 1 spiro atoms. The van der Waals surface area contributed by atoms with Gasteiger partial charge in [-0.15, -0.1) is 0 Å². The Morgan fingerprint density at radius 2 is 2.47 bits per heavy atom. The van der Waals surface area contributed by atoms with Crippen LogP contribution in [0.25, 0.3) is 0 Å². The largest absolute Gasteiger partial charge is 0.374 e. The van der Waals surface area contributed by atoms with E-state index < -0.39 is 0 Å². The molecule has 2 aliphatic rings. The number of Topliss-reactive ketones (excluding diaryl/α,β-unsaturated/α-hetero) is 1. The van der Waals surface area contributed by atoms with Crippen LogP contribution in [0.4, 0.5) is 0 Å². The fourth-order valence-corrected chi connectivity index (χ4v) is 4.45. The molecule has 0 aliphatic carbocycles. The zero-order valence-corrected chi connectivity index (χ0v) is 12.3. The van der Waals surface area contributed by atoms with Crippen LogP contribution in [0.5, 0.6) is 0 Å². The van der Waals surface area contributed by atoms with Gasteiger partial charge in [-0.25, -0.2) is 0 Å². The summed E-state index contributed by atoms with van der Waals surface area (Å²) in [6.45, 7) is 2.68. The average Bonchev–Trinajstić information content (AvgIpc) is 2.98. The summed E-state index contributed by atoms with van der Waals surface area (Å²) in [5.74, 6) is 2.57. The zero-order chi connectivity index (χ0) is 13.5. The minimum atomic E-state index is -0.0284. The Bertz CT molecular complexity index is 492. The van der Waals surface area contributed by atoms with Gasteiger partial charge in [-0.05, 0) is 31.9 Å². The van der Waals surface area contributed by atoms with Gasteiger partial charge >= 0.3 is 0 Å². The fraction of sp³-hybridized carbons (Fsp3) is 0.714. The van der Waals surface area contributed by atoms with Crippen molar-refractivity contribution in [2.75, 3.05) is 18.1 Å². The van der Waals surface area contributed by atoms with Gasteiger partial charge in [-0.1, -0.05) is 0 Å². The molecule has 3 rings (SSSR count). The Morgan fingerprint density at radius 1 is 1.63 bits per heavy atom. The van der Waals surface area contributed by atoms with Crippen LogP contribution < -0.4 is 0 Å². The zero-order valence-electron chi connectivity index (χ0n) is 11.5. The standard InChI is InChI=1S/C14H20N2O2S/c1-10-12(8-15-16(10)2)13(17)11-3-5-18-14(7-11)4-6-19-9-14/h8,11H,3-7,9H2,1-2H3. The third-order valence-corrected chi connectivity index (χ3v) is 5.65. The van der Waals surface area contributed by atoms with Gasteiger partial charge in [0.1, 0.15) is 0 Å². The monoisotopic (exact) mass is 280 g/mol. The summed E-state index contributed by atoms with van der Waals surface area (Å²) in [4.78, 5) is 12.7. The van der Waals surface area contributed by atoms with Crippen LogP contribution in [-0.2, 0) is 11.8 Å². The van der Waals surface area contributed by atoms with E-state index in [-0.39, 0.29) is 17.3 Å². The Kier molecular flexibility index (Phi) is 3.43. The molecule has 1 aromatic heterocycles. The molecule has 0 bridgehead atoms. The molecule has 19 heavy (non-hydrogen) atoms. The number of carbonyl (C=O) groups is 1. The van der Waals surface area contributed by atoms with Gasteiger partial charge in [0.15, 0.2) is 5.78 Å². The summed E-state index contributed by atoms with van der Waals surface area (Å²) in [6.07, 6.45) is 4.53. The lowest BCUT2D eigenvalue weighted by atomic mass is 9.81. The first kappa shape index (κ1) is 13.2. The summed E-state index contributed by atoms with van der Waals surface area (Å²) in [5.41, 5.74) is 1.72. The lowest BCUT2D eigenvalue weighted by Crippen LogP contribution is -2.42. The van der Waals surface area contributed by atoms with Crippen LogP contribution in [0.2, 0.25) is 0 Å². The highest BCUT2D eigenvalue weighted by molar-refractivity contribution is 7.99. The van der Waals surface area contributed by atoms with Crippen LogP contribution in [0.1, 0.15) is 35.3 Å². The molecule has 2 fully saturated rings. The minimum Gasteiger partial charge on any atom is -0.374 e. The van der Waals surface area contributed by atoms with Crippen LogP contribution in [0, 0.1) is 12.8 Å². The van der Waals surface area contributed by atoms with E-state index in [0.717, 1.165) is 48.6 Å². The molecule has 3 heterocycles. The number of hydrogen-bond donors (Lipinski definition) is 0. The van der Waals surface area contributed by atoms with Gasteiger partial charge in [0.2, 0.25) is 0 Å². The van der Waals surface area contributed by atoms with Gasteiger partial charge < -0.3 is 4.74 Å². The number of hydrogen-bond acceptors (Lipinski definition) is 4. The number of aryl methyl sites for hydroxylation is 1. The number of ether oxygens (including phenoxy) is 1. The van der Waals surface area contributed by atoms with E-state index in [0.29, 0.717) is 0 Å². The number of rotatable bonds is 2. The van der Waals surface area contributed by atoms with Crippen molar-refractivity contribution in [3.05, 3.63) is 17.5 Å². The summed E-state index contributed by atoms with van der Waals surface area (Å²) in [5, 5.41) is 4.18. The Hall–Kier alpha value is -0.810. The highest BCUT2D eigenvalue weighted by Gasteiger charge is 2.42. The molecular weight excluding hydrogens is 260 g/mol. The maximum Gasteiger partial charge on any atom is 0.169 e. The van der Waals surface area contributed by atoms with E-state index in [2.05, 4.69) is 5.10 Å². The maximum absolute atomic E-state index is 12.7. The second-order valence-corrected chi connectivity index (χ2v) is 6.76. The first-order valence-corrected chi connectivity index (χ1v) is 8.01. The van der Waals surface area contributed by atoms with Gasteiger partial charge in [-0.2, -0.15) is 16.9 Å². The smallest absolute Gasteiger partial charge is 0.169 e. The molecule has 4 nitrogen and oxygen atoms in total. The second-order valence-electron chi connectivity index (χ2n) is 5.66. The van der Waals surface area contributed by atoms with Crippen molar-refractivity contribution in [2.24, 2.45) is 13.0 Å². The van der Waals surface area contributed by atoms with Crippen LogP contribution in [0.15, 0.2) is 6.20 Å². The van der Waals surface area contributed by atoms with Crippen molar-refractivity contribution in [3.63, 3.8) is 0 Å². The Labute approximate surface area is 117 Å².